The molecule has 0 unspecified atom stereocenters. The minimum Gasteiger partial charge on any atom is -0.298 e. The largest absolute Gasteiger partial charge is 0.416 e. The maximum absolute atomic E-state index is 13.0. The van der Waals surface area contributed by atoms with Crippen LogP contribution in [-0.2, 0) is 6.18 Å². The van der Waals surface area contributed by atoms with Gasteiger partial charge in [0.05, 0.1) is 16.8 Å². The van der Waals surface area contributed by atoms with Crippen LogP contribution in [0.25, 0.3) is 28.1 Å². The average Bonchev–Trinajstić information content (AvgIpc) is 3.19. The summed E-state index contributed by atoms with van der Waals surface area (Å²) < 4.78 is 40.4. The summed E-state index contributed by atoms with van der Waals surface area (Å²) in [6.07, 6.45) is -2.36. The van der Waals surface area contributed by atoms with Gasteiger partial charge in [-0.1, -0.05) is 54.6 Å². The van der Waals surface area contributed by atoms with Crippen molar-refractivity contribution >= 4 is 6.29 Å². The van der Waals surface area contributed by atoms with Gasteiger partial charge in [-0.05, 0) is 35.4 Å². The Hall–Kier alpha value is -3.67. The summed E-state index contributed by atoms with van der Waals surface area (Å²) in [7, 11) is 0. The van der Waals surface area contributed by atoms with Gasteiger partial charge in [0.1, 0.15) is 5.69 Å². The summed E-state index contributed by atoms with van der Waals surface area (Å²) in [6, 6.07) is 22.1. The van der Waals surface area contributed by atoms with E-state index in [9.17, 15) is 18.0 Å². The lowest BCUT2D eigenvalue weighted by atomic mass is 10.0. The van der Waals surface area contributed by atoms with E-state index in [-0.39, 0.29) is 5.69 Å². The van der Waals surface area contributed by atoms with E-state index in [0.29, 0.717) is 23.1 Å². The zero-order valence-electron chi connectivity index (χ0n) is 15.1. The van der Waals surface area contributed by atoms with E-state index >= 15 is 0 Å². The van der Waals surface area contributed by atoms with Gasteiger partial charge < -0.3 is 0 Å². The van der Waals surface area contributed by atoms with Crippen molar-refractivity contribution in [3.05, 3.63) is 96.2 Å². The van der Waals surface area contributed by atoms with Crippen LogP contribution in [0.15, 0.2) is 85.1 Å². The van der Waals surface area contributed by atoms with Crippen LogP contribution in [0.1, 0.15) is 15.9 Å². The van der Waals surface area contributed by atoms with Crippen LogP contribution in [0.2, 0.25) is 0 Å². The molecule has 3 aromatic carbocycles. The molecule has 6 heteroatoms. The Morgan fingerprint density at radius 2 is 1.48 bits per heavy atom. The second-order valence-corrected chi connectivity index (χ2v) is 6.49. The van der Waals surface area contributed by atoms with Gasteiger partial charge in [-0.2, -0.15) is 18.3 Å². The molecule has 1 aromatic heterocycles. The minimum atomic E-state index is -4.45. The van der Waals surface area contributed by atoms with Gasteiger partial charge in [-0.15, -0.1) is 0 Å². The Bertz CT molecular complexity index is 1160. The Balaban J connectivity index is 1.78. The molecule has 0 aliphatic rings. The number of hydrogen-bond donors (Lipinski definition) is 0. The molecule has 144 valence electrons. The van der Waals surface area contributed by atoms with Crippen molar-refractivity contribution in [1.29, 1.82) is 0 Å². The number of benzene rings is 3. The fraction of sp³-hybridized carbons (Fsp3) is 0.0435. The lowest BCUT2D eigenvalue weighted by Gasteiger charge is -2.08. The number of carbonyl (C=O) groups is 1. The first-order valence-electron chi connectivity index (χ1n) is 8.84. The van der Waals surface area contributed by atoms with Crippen LogP contribution in [-0.4, -0.2) is 16.1 Å². The highest BCUT2D eigenvalue weighted by atomic mass is 19.4. The topological polar surface area (TPSA) is 34.9 Å². The molecule has 0 bridgehead atoms. The van der Waals surface area contributed by atoms with Crippen molar-refractivity contribution in [2.45, 2.75) is 6.18 Å². The van der Waals surface area contributed by atoms with Crippen LogP contribution in [0, 0.1) is 0 Å². The summed E-state index contributed by atoms with van der Waals surface area (Å²) in [5, 5.41) is 4.40. The molecule has 4 rings (SSSR count). The molecule has 0 saturated heterocycles. The zero-order chi connectivity index (χ0) is 20.4. The summed E-state index contributed by atoms with van der Waals surface area (Å²) in [5.74, 6) is 0. The monoisotopic (exact) mass is 392 g/mol. The van der Waals surface area contributed by atoms with Gasteiger partial charge in [0.15, 0.2) is 6.29 Å². The van der Waals surface area contributed by atoms with Crippen molar-refractivity contribution in [1.82, 2.24) is 9.78 Å². The second kappa shape index (κ2) is 7.39. The number of rotatable bonds is 4. The molecule has 4 aromatic rings. The first kappa shape index (κ1) is 18.7. The molecular weight excluding hydrogens is 377 g/mol. The molecule has 0 aliphatic carbocycles. The van der Waals surface area contributed by atoms with Crippen LogP contribution < -0.4 is 0 Å². The van der Waals surface area contributed by atoms with Gasteiger partial charge in [0, 0.05) is 11.8 Å². The predicted molar refractivity (Wildman–Crippen MR) is 105 cm³/mol. The highest BCUT2D eigenvalue weighted by Crippen LogP contribution is 2.31. The van der Waals surface area contributed by atoms with Crippen molar-refractivity contribution in [3.8, 4) is 28.1 Å². The first-order chi connectivity index (χ1) is 14.0. The summed E-state index contributed by atoms with van der Waals surface area (Å²) >= 11 is 0. The smallest absolute Gasteiger partial charge is 0.298 e. The number of halogens is 3. The molecule has 0 radical (unpaired) electrons. The second-order valence-electron chi connectivity index (χ2n) is 6.49. The van der Waals surface area contributed by atoms with E-state index < -0.39 is 11.7 Å². The lowest BCUT2D eigenvalue weighted by Crippen LogP contribution is -2.06. The summed E-state index contributed by atoms with van der Waals surface area (Å²) in [6.45, 7) is 0. The SMILES string of the molecule is O=Cc1cn(-c2cccc(C(F)(F)F)c2)nc1-c1cccc(-c2ccccc2)c1. The van der Waals surface area contributed by atoms with E-state index in [1.54, 1.807) is 0 Å². The fourth-order valence-electron chi connectivity index (χ4n) is 3.13. The Morgan fingerprint density at radius 1 is 0.793 bits per heavy atom. The van der Waals surface area contributed by atoms with E-state index in [1.807, 2.05) is 54.6 Å². The molecule has 0 N–H and O–H groups in total. The summed E-state index contributed by atoms with van der Waals surface area (Å²) in [4.78, 5) is 11.6. The molecule has 0 amide bonds. The molecule has 0 atom stereocenters. The van der Waals surface area contributed by atoms with Crippen LogP contribution >= 0.6 is 0 Å². The lowest BCUT2D eigenvalue weighted by molar-refractivity contribution is -0.137. The third-order valence-electron chi connectivity index (χ3n) is 4.55. The molecule has 3 nitrogen and oxygen atoms in total. The Kier molecular flexibility index (Phi) is 4.76. The van der Waals surface area contributed by atoms with Crippen LogP contribution in [0.5, 0.6) is 0 Å². The normalized spacial score (nSPS) is 11.4. The quantitative estimate of drug-likeness (QED) is 0.397. The third kappa shape index (κ3) is 3.82. The number of carbonyl (C=O) groups excluding carboxylic acids is 1. The maximum Gasteiger partial charge on any atom is 0.416 e. The van der Waals surface area contributed by atoms with E-state index in [0.717, 1.165) is 23.3 Å². The minimum absolute atomic E-state index is 0.230. The van der Waals surface area contributed by atoms with Gasteiger partial charge in [0.25, 0.3) is 0 Å². The van der Waals surface area contributed by atoms with Crippen molar-refractivity contribution < 1.29 is 18.0 Å². The number of nitrogens with zero attached hydrogens (tertiary/aromatic N) is 2. The number of alkyl halides is 3. The number of aromatic nitrogens is 2. The van der Waals surface area contributed by atoms with Crippen molar-refractivity contribution in [2.24, 2.45) is 0 Å². The highest BCUT2D eigenvalue weighted by molar-refractivity contribution is 5.86. The predicted octanol–water partition coefficient (Wildman–Crippen LogP) is 6.04. The van der Waals surface area contributed by atoms with Gasteiger partial charge in [-0.25, -0.2) is 4.68 Å². The highest BCUT2D eigenvalue weighted by Gasteiger charge is 2.30. The van der Waals surface area contributed by atoms with Crippen molar-refractivity contribution in [3.63, 3.8) is 0 Å². The number of hydrogen-bond acceptors (Lipinski definition) is 2. The van der Waals surface area contributed by atoms with Gasteiger partial charge >= 0.3 is 6.18 Å². The molecular formula is C23H15F3N2O. The third-order valence-corrected chi connectivity index (χ3v) is 4.55. The fourth-order valence-corrected chi connectivity index (χ4v) is 3.13. The Labute approximate surface area is 165 Å². The first-order valence-corrected chi connectivity index (χ1v) is 8.84. The van der Waals surface area contributed by atoms with E-state index in [2.05, 4.69) is 5.10 Å². The van der Waals surface area contributed by atoms with Crippen LogP contribution in [0.4, 0.5) is 13.2 Å². The molecule has 0 spiro atoms. The molecule has 0 aliphatic heterocycles. The molecule has 0 fully saturated rings. The van der Waals surface area contributed by atoms with E-state index in [1.165, 1.54) is 23.0 Å². The molecule has 1 heterocycles. The zero-order valence-corrected chi connectivity index (χ0v) is 15.1. The number of aldehydes is 1. The Morgan fingerprint density at radius 3 is 2.21 bits per heavy atom. The van der Waals surface area contributed by atoms with Gasteiger partial charge in [-0.3, -0.25) is 4.79 Å². The van der Waals surface area contributed by atoms with Crippen molar-refractivity contribution in [2.75, 3.05) is 0 Å². The summed E-state index contributed by atoms with van der Waals surface area (Å²) in [5.41, 5.74) is 2.84. The standard InChI is InChI=1S/C23H15F3N2O/c24-23(25,26)20-10-5-11-21(13-20)28-14-19(15-29)22(27-28)18-9-4-8-17(12-18)16-6-2-1-3-7-16/h1-15H. The molecule has 29 heavy (non-hydrogen) atoms. The van der Waals surface area contributed by atoms with E-state index in [4.69, 9.17) is 0 Å². The molecule has 0 saturated carbocycles. The maximum atomic E-state index is 13.0. The van der Waals surface area contributed by atoms with Gasteiger partial charge in [0.2, 0.25) is 0 Å². The van der Waals surface area contributed by atoms with Crippen LogP contribution in [0.3, 0.4) is 0 Å². The average molecular weight is 392 g/mol.